The van der Waals surface area contributed by atoms with Gasteiger partial charge in [0.25, 0.3) is 0 Å². The van der Waals surface area contributed by atoms with E-state index in [0.717, 1.165) is 19.3 Å². The summed E-state index contributed by atoms with van der Waals surface area (Å²) in [5.74, 6) is 0.151. The van der Waals surface area contributed by atoms with Crippen LogP contribution >= 0.6 is 0 Å². The lowest BCUT2D eigenvalue weighted by molar-refractivity contribution is 0.456. The van der Waals surface area contributed by atoms with Crippen molar-refractivity contribution in [3.8, 4) is 0 Å². The van der Waals surface area contributed by atoms with Crippen LogP contribution in [0.15, 0.2) is 11.0 Å². The number of nitrogens with zero attached hydrogens (tertiary/aromatic N) is 2. The molecule has 2 unspecified atom stereocenters. The Kier molecular flexibility index (Phi) is 2.94. The lowest BCUT2D eigenvalue weighted by Gasteiger charge is -2.13. The molecule has 0 radical (unpaired) electrons. The second-order valence-corrected chi connectivity index (χ2v) is 4.45. The molecule has 0 spiro atoms. The third-order valence-corrected chi connectivity index (χ3v) is 3.20. The number of anilines is 1. The largest absolute Gasteiger partial charge is 0.370 e. The summed E-state index contributed by atoms with van der Waals surface area (Å²) in [4.78, 5) is 15.4. The Morgan fingerprint density at radius 3 is 2.88 bits per heavy atom. The molecule has 5 heteroatoms. The molecule has 4 nitrogen and oxygen atoms in total. The van der Waals surface area contributed by atoms with Crippen LogP contribution in [-0.4, -0.2) is 16.6 Å². The molecule has 2 rings (SSSR count). The summed E-state index contributed by atoms with van der Waals surface area (Å²) in [7, 11) is 1.55. The lowest BCUT2D eigenvalue weighted by Crippen LogP contribution is -2.27. The van der Waals surface area contributed by atoms with E-state index in [2.05, 4.69) is 17.2 Å². The van der Waals surface area contributed by atoms with Crippen LogP contribution in [0.2, 0.25) is 0 Å². The minimum Gasteiger partial charge on any atom is -0.370 e. The van der Waals surface area contributed by atoms with E-state index in [0.29, 0.717) is 5.92 Å². The van der Waals surface area contributed by atoms with Gasteiger partial charge >= 0.3 is 5.69 Å². The second-order valence-electron chi connectivity index (χ2n) is 4.45. The molecule has 0 saturated heterocycles. The van der Waals surface area contributed by atoms with Crippen LogP contribution in [0.1, 0.15) is 32.2 Å². The van der Waals surface area contributed by atoms with Gasteiger partial charge in [-0.15, -0.1) is 0 Å². The van der Waals surface area contributed by atoms with Gasteiger partial charge in [0.1, 0.15) is 0 Å². The number of nitrogens with one attached hydrogen (secondary N) is 1. The molecular weight excluding hydrogens is 209 g/mol. The van der Waals surface area contributed by atoms with Crippen molar-refractivity contribution in [3.05, 3.63) is 22.5 Å². The van der Waals surface area contributed by atoms with E-state index in [-0.39, 0.29) is 17.5 Å². The van der Waals surface area contributed by atoms with Gasteiger partial charge < -0.3 is 5.32 Å². The van der Waals surface area contributed by atoms with Crippen LogP contribution in [0.5, 0.6) is 0 Å². The highest BCUT2D eigenvalue weighted by Crippen LogP contribution is 2.33. The molecule has 0 aliphatic heterocycles. The normalized spacial score (nSPS) is 24.7. The summed E-state index contributed by atoms with van der Waals surface area (Å²) in [6.45, 7) is 2.15. The van der Waals surface area contributed by atoms with Gasteiger partial charge in [-0.25, -0.2) is 9.18 Å². The number of hydrogen-bond donors (Lipinski definition) is 1. The Hall–Kier alpha value is -1.39. The molecule has 1 N–H and O–H groups in total. The van der Waals surface area contributed by atoms with E-state index in [1.165, 1.54) is 10.8 Å². The molecule has 0 bridgehead atoms. The molecule has 1 aromatic heterocycles. The molecule has 88 valence electrons. The molecule has 0 amide bonds. The summed E-state index contributed by atoms with van der Waals surface area (Å²) >= 11 is 0. The quantitative estimate of drug-likeness (QED) is 0.834. The van der Waals surface area contributed by atoms with Crippen molar-refractivity contribution in [2.75, 3.05) is 12.4 Å². The van der Waals surface area contributed by atoms with Gasteiger partial charge in [0.15, 0.2) is 11.6 Å². The van der Waals surface area contributed by atoms with Crippen molar-refractivity contribution in [1.29, 1.82) is 0 Å². The molecule has 2 atom stereocenters. The van der Waals surface area contributed by atoms with E-state index >= 15 is 0 Å². The van der Waals surface area contributed by atoms with Crippen LogP contribution in [0.4, 0.5) is 10.2 Å². The molecule has 1 fully saturated rings. The summed E-state index contributed by atoms with van der Waals surface area (Å²) in [6, 6.07) is 0.107. The predicted octanol–water partition coefficient (Wildman–Crippen LogP) is 1.79. The monoisotopic (exact) mass is 225 g/mol. The number of halogens is 1. The Bertz CT molecular complexity index is 443. The van der Waals surface area contributed by atoms with E-state index < -0.39 is 5.82 Å². The summed E-state index contributed by atoms with van der Waals surface area (Å²) in [6.07, 6.45) is 4.22. The number of rotatable bonds is 2. The van der Waals surface area contributed by atoms with Gasteiger partial charge in [-0.1, -0.05) is 6.92 Å². The molecule has 0 aromatic carbocycles. The zero-order valence-electron chi connectivity index (χ0n) is 9.53. The standard InChI is InChI=1S/C11H16FN3O/c1-7-3-4-8(5-7)15-6-9(12)10(13-2)14-11(15)16/h6-8H,3-5H2,1-2H3,(H,13,14,16). The van der Waals surface area contributed by atoms with Crippen LogP contribution < -0.4 is 11.0 Å². The van der Waals surface area contributed by atoms with E-state index in [4.69, 9.17) is 0 Å². The van der Waals surface area contributed by atoms with E-state index in [9.17, 15) is 9.18 Å². The Morgan fingerprint density at radius 2 is 2.31 bits per heavy atom. The van der Waals surface area contributed by atoms with E-state index in [1.807, 2.05) is 0 Å². The van der Waals surface area contributed by atoms with Gasteiger partial charge in [-0.2, -0.15) is 4.98 Å². The minimum absolute atomic E-state index is 0.0206. The average Bonchev–Trinajstić information content (AvgIpc) is 2.67. The van der Waals surface area contributed by atoms with Crippen LogP contribution in [0.25, 0.3) is 0 Å². The molecule has 1 heterocycles. The third-order valence-electron chi connectivity index (χ3n) is 3.20. The first kappa shape index (κ1) is 11.1. The second kappa shape index (κ2) is 4.23. The molecule has 1 aromatic rings. The first-order chi connectivity index (χ1) is 7.61. The zero-order chi connectivity index (χ0) is 11.7. The highest BCUT2D eigenvalue weighted by molar-refractivity contribution is 5.32. The number of aromatic nitrogens is 2. The molecule has 1 aliphatic rings. The topological polar surface area (TPSA) is 46.9 Å². The average molecular weight is 225 g/mol. The first-order valence-electron chi connectivity index (χ1n) is 5.58. The number of hydrogen-bond acceptors (Lipinski definition) is 3. The minimum atomic E-state index is -0.471. The lowest BCUT2D eigenvalue weighted by atomic mass is 10.1. The predicted molar refractivity (Wildman–Crippen MR) is 60.1 cm³/mol. The van der Waals surface area contributed by atoms with Crippen molar-refractivity contribution in [3.63, 3.8) is 0 Å². The van der Waals surface area contributed by atoms with Crippen molar-refractivity contribution < 1.29 is 4.39 Å². The zero-order valence-corrected chi connectivity index (χ0v) is 9.53. The Balaban J connectivity index is 2.35. The van der Waals surface area contributed by atoms with Crippen molar-refractivity contribution in [2.24, 2.45) is 5.92 Å². The van der Waals surface area contributed by atoms with Crippen molar-refractivity contribution in [1.82, 2.24) is 9.55 Å². The fourth-order valence-electron chi connectivity index (χ4n) is 2.31. The summed E-state index contributed by atoms with van der Waals surface area (Å²) in [5, 5.41) is 2.56. The SMILES string of the molecule is CNc1nc(=O)n(C2CCC(C)C2)cc1F. The van der Waals surface area contributed by atoms with Crippen LogP contribution in [-0.2, 0) is 0 Å². The van der Waals surface area contributed by atoms with Gasteiger partial charge in [0, 0.05) is 19.3 Å². The van der Waals surface area contributed by atoms with Crippen LogP contribution in [0, 0.1) is 11.7 Å². The van der Waals surface area contributed by atoms with E-state index in [1.54, 1.807) is 7.05 Å². The van der Waals surface area contributed by atoms with Gasteiger partial charge in [-0.05, 0) is 25.2 Å². The summed E-state index contributed by atoms with van der Waals surface area (Å²) in [5.41, 5.74) is -0.371. The fourth-order valence-corrected chi connectivity index (χ4v) is 2.31. The fraction of sp³-hybridized carbons (Fsp3) is 0.636. The summed E-state index contributed by atoms with van der Waals surface area (Å²) < 4.78 is 14.9. The third kappa shape index (κ3) is 1.94. The van der Waals surface area contributed by atoms with Gasteiger partial charge in [0.05, 0.1) is 0 Å². The molecule has 16 heavy (non-hydrogen) atoms. The van der Waals surface area contributed by atoms with Crippen LogP contribution in [0.3, 0.4) is 0 Å². The maximum atomic E-state index is 13.5. The van der Waals surface area contributed by atoms with Crippen molar-refractivity contribution >= 4 is 5.82 Å². The van der Waals surface area contributed by atoms with Gasteiger partial charge in [0.2, 0.25) is 0 Å². The Labute approximate surface area is 93.5 Å². The Morgan fingerprint density at radius 1 is 1.56 bits per heavy atom. The maximum absolute atomic E-state index is 13.5. The molecular formula is C11H16FN3O. The first-order valence-corrected chi connectivity index (χ1v) is 5.58. The molecule has 1 aliphatic carbocycles. The van der Waals surface area contributed by atoms with Gasteiger partial charge in [-0.3, -0.25) is 4.57 Å². The smallest absolute Gasteiger partial charge is 0.349 e. The van der Waals surface area contributed by atoms with Crippen molar-refractivity contribution in [2.45, 2.75) is 32.2 Å². The molecule has 1 saturated carbocycles. The highest BCUT2D eigenvalue weighted by Gasteiger charge is 2.24. The highest BCUT2D eigenvalue weighted by atomic mass is 19.1. The maximum Gasteiger partial charge on any atom is 0.349 e.